The predicted octanol–water partition coefficient (Wildman–Crippen LogP) is 3.77. The third-order valence-corrected chi connectivity index (χ3v) is 3.02. The Morgan fingerprint density at radius 1 is 1.33 bits per heavy atom. The Labute approximate surface area is 112 Å². The Bertz CT molecular complexity index is 521. The Hall–Kier alpha value is -1.03. The summed E-state index contributed by atoms with van der Waals surface area (Å²) in [5.74, 6) is 0.871. The van der Waals surface area contributed by atoms with Gasteiger partial charge in [-0.3, -0.25) is 0 Å². The van der Waals surface area contributed by atoms with Gasteiger partial charge in [0.1, 0.15) is 11.3 Å². The summed E-state index contributed by atoms with van der Waals surface area (Å²) in [6.07, 6.45) is 0.208. The van der Waals surface area contributed by atoms with E-state index in [1.54, 1.807) is 0 Å². The number of likely N-dealkylation sites (N-methyl/N-ethyl adjacent to an activating group) is 1. The van der Waals surface area contributed by atoms with E-state index in [2.05, 4.69) is 5.32 Å². The maximum absolute atomic E-state index is 5.96. The number of fused-ring (bicyclic) bond motifs is 1. The molecule has 98 valence electrons. The van der Waals surface area contributed by atoms with Gasteiger partial charge >= 0.3 is 0 Å². The molecule has 2 rings (SSSR count). The summed E-state index contributed by atoms with van der Waals surface area (Å²) in [6.45, 7) is 4.62. The molecule has 0 saturated carbocycles. The monoisotopic (exact) mass is 267 g/mol. The summed E-state index contributed by atoms with van der Waals surface area (Å²) in [4.78, 5) is 0. The first kappa shape index (κ1) is 13.4. The van der Waals surface area contributed by atoms with Crippen LogP contribution in [-0.4, -0.2) is 19.8 Å². The van der Waals surface area contributed by atoms with Crippen molar-refractivity contribution in [2.24, 2.45) is 0 Å². The summed E-state index contributed by atoms with van der Waals surface area (Å²) in [5, 5.41) is 4.93. The molecule has 0 bridgehead atoms. The second-order valence-corrected chi connectivity index (χ2v) is 4.99. The molecule has 0 radical (unpaired) electrons. The van der Waals surface area contributed by atoms with Gasteiger partial charge in [0.05, 0.1) is 18.8 Å². The minimum absolute atomic E-state index is 0.0542. The van der Waals surface area contributed by atoms with Gasteiger partial charge in [0.15, 0.2) is 0 Å². The fourth-order valence-electron chi connectivity index (χ4n) is 1.80. The second kappa shape index (κ2) is 5.74. The fraction of sp³-hybridized carbons (Fsp3) is 0.429. The second-order valence-electron chi connectivity index (χ2n) is 4.55. The van der Waals surface area contributed by atoms with E-state index in [0.29, 0.717) is 11.6 Å². The normalized spacial score (nSPS) is 13.4. The molecule has 1 unspecified atom stereocenters. The molecule has 1 atom stereocenters. The number of nitrogens with one attached hydrogen (secondary N) is 1. The lowest BCUT2D eigenvalue weighted by atomic mass is 10.2. The molecule has 0 saturated heterocycles. The van der Waals surface area contributed by atoms with Crippen LogP contribution in [0.15, 0.2) is 28.7 Å². The van der Waals surface area contributed by atoms with Crippen LogP contribution in [0.3, 0.4) is 0 Å². The van der Waals surface area contributed by atoms with Gasteiger partial charge in [-0.2, -0.15) is 0 Å². The van der Waals surface area contributed by atoms with Crippen LogP contribution in [-0.2, 0) is 4.74 Å². The molecule has 2 aromatic rings. The molecule has 3 nitrogen and oxygen atoms in total. The Kier molecular flexibility index (Phi) is 4.27. The van der Waals surface area contributed by atoms with E-state index in [-0.39, 0.29) is 12.1 Å². The lowest BCUT2D eigenvalue weighted by Crippen LogP contribution is -2.23. The summed E-state index contributed by atoms with van der Waals surface area (Å²) >= 11 is 5.96. The fourth-order valence-corrected chi connectivity index (χ4v) is 1.98. The number of hydrogen-bond donors (Lipinski definition) is 1. The molecule has 0 aliphatic carbocycles. The lowest BCUT2D eigenvalue weighted by molar-refractivity contribution is 0.0588. The van der Waals surface area contributed by atoms with Gasteiger partial charge in [-0.1, -0.05) is 11.6 Å². The molecule has 0 aliphatic heterocycles. The van der Waals surface area contributed by atoms with Crippen molar-refractivity contribution in [1.82, 2.24) is 5.32 Å². The summed E-state index contributed by atoms with van der Waals surface area (Å²) in [7, 11) is 1.90. The summed E-state index contributed by atoms with van der Waals surface area (Å²) < 4.78 is 11.4. The highest BCUT2D eigenvalue weighted by Gasteiger charge is 2.15. The number of ether oxygens (including phenoxy) is 1. The summed E-state index contributed by atoms with van der Waals surface area (Å²) in [5.41, 5.74) is 0.846. The van der Waals surface area contributed by atoms with Gasteiger partial charge in [0.2, 0.25) is 0 Å². The van der Waals surface area contributed by atoms with Crippen LogP contribution < -0.4 is 5.32 Å². The Balaban J connectivity index is 2.22. The average molecular weight is 268 g/mol. The molecule has 1 N–H and O–H groups in total. The van der Waals surface area contributed by atoms with Crippen molar-refractivity contribution in [3.63, 3.8) is 0 Å². The first-order valence-electron chi connectivity index (χ1n) is 6.08. The maximum Gasteiger partial charge on any atom is 0.134 e. The summed E-state index contributed by atoms with van der Waals surface area (Å²) in [6, 6.07) is 7.68. The van der Waals surface area contributed by atoms with Gasteiger partial charge in [0, 0.05) is 10.4 Å². The van der Waals surface area contributed by atoms with Gasteiger partial charge in [-0.25, -0.2) is 0 Å². The van der Waals surface area contributed by atoms with Crippen LogP contribution in [0, 0.1) is 0 Å². The van der Waals surface area contributed by atoms with Crippen molar-refractivity contribution in [3.05, 3.63) is 35.0 Å². The number of rotatable bonds is 5. The van der Waals surface area contributed by atoms with Crippen molar-refractivity contribution in [2.75, 3.05) is 13.7 Å². The van der Waals surface area contributed by atoms with Crippen LogP contribution in [0.2, 0.25) is 5.02 Å². The highest BCUT2D eigenvalue weighted by molar-refractivity contribution is 6.31. The van der Waals surface area contributed by atoms with Crippen molar-refractivity contribution >= 4 is 22.6 Å². The Morgan fingerprint density at radius 3 is 2.78 bits per heavy atom. The molecule has 1 aromatic carbocycles. The molecule has 0 amide bonds. The highest BCUT2D eigenvalue weighted by Crippen LogP contribution is 2.26. The zero-order chi connectivity index (χ0) is 13.1. The quantitative estimate of drug-likeness (QED) is 0.895. The van der Waals surface area contributed by atoms with Crippen LogP contribution >= 0.6 is 11.6 Å². The van der Waals surface area contributed by atoms with E-state index in [1.807, 2.05) is 45.2 Å². The van der Waals surface area contributed by atoms with E-state index in [1.165, 1.54) is 0 Å². The maximum atomic E-state index is 5.96. The van der Waals surface area contributed by atoms with Crippen molar-refractivity contribution in [1.29, 1.82) is 0 Å². The number of furan rings is 1. The van der Waals surface area contributed by atoms with Crippen molar-refractivity contribution < 1.29 is 9.15 Å². The number of halogens is 1. The standard InChI is InChI=1S/C14H18ClNO2/c1-9(2)17-8-12(16-3)14-7-10-6-11(15)4-5-13(10)18-14/h4-7,9,12,16H,8H2,1-3H3. The molecular weight excluding hydrogens is 250 g/mol. The first-order valence-corrected chi connectivity index (χ1v) is 6.46. The molecule has 1 heterocycles. The minimum atomic E-state index is 0.0542. The van der Waals surface area contributed by atoms with Crippen LogP contribution in [0.5, 0.6) is 0 Å². The van der Waals surface area contributed by atoms with Crippen molar-refractivity contribution in [2.45, 2.75) is 26.0 Å². The SMILES string of the molecule is CNC(COC(C)C)c1cc2cc(Cl)ccc2o1. The van der Waals surface area contributed by atoms with Gasteiger partial charge in [-0.05, 0) is 45.2 Å². The van der Waals surface area contributed by atoms with Gasteiger partial charge in [-0.15, -0.1) is 0 Å². The van der Waals surface area contributed by atoms with E-state index in [9.17, 15) is 0 Å². The topological polar surface area (TPSA) is 34.4 Å². The molecule has 0 aliphatic rings. The van der Waals surface area contributed by atoms with E-state index >= 15 is 0 Å². The average Bonchev–Trinajstić information content (AvgIpc) is 2.72. The highest BCUT2D eigenvalue weighted by atomic mass is 35.5. The third-order valence-electron chi connectivity index (χ3n) is 2.79. The van der Waals surface area contributed by atoms with E-state index in [0.717, 1.165) is 16.7 Å². The van der Waals surface area contributed by atoms with Crippen molar-refractivity contribution in [3.8, 4) is 0 Å². The molecule has 18 heavy (non-hydrogen) atoms. The molecule has 4 heteroatoms. The predicted molar refractivity (Wildman–Crippen MR) is 74.1 cm³/mol. The van der Waals surface area contributed by atoms with Gasteiger partial charge < -0.3 is 14.5 Å². The molecular formula is C14H18ClNO2. The lowest BCUT2D eigenvalue weighted by Gasteiger charge is -2.15. The minimum Gasteiger partial charge on any atom is -0.459 e. The molecule has 1 aromatic heterocycles. The Morgan fingerprint density at radius 2 is 2.11 bits per heavy atom. The third kappa shape index (κ3) is 3.05. The first-order chi connectivity index (χ1) is 8.60. The van der Waals surface area contributed by atoms with Crippen LogP contribution in [0.1, 0.15) is 25.6 Å². The van der Waals surface area contributed by atoms with Crippen LogP contribution in [0.4, 0.5) is 0 Å². The zero-order valence-electron chi connectivity index (χ0n) is 10.9. The molecule has 0 spiro atoms. The number of hydrogen-bond acceptors (Lipinski definition) is 3. The van der Waals surface area contributed by atoms with E-state index < -0.39 is 0 Å². The smallest absolute Gasteiger partial charge is 0.134 e. The number of benzene rings is 1. The zero-order valence-corrected chi connectivity index (χ0v) is 11.6. The largest absolute Gasteiger partial charge is 0.459 e. The van der Waals surface area contributed by atoms with E-state index in [4.69, 9.17) is 20.8 Å². The van der Waals surface area contributed by atoms with Crippen LogP contribution in [0.25, 0.3) is 11.0 Å². The van der Waals surface area contributed by atoms with Gasteiger partial charge in [0.25, 0.3) is 0 Å². The molecule has 0 fully saturated rings.